The Morgan fingerprint density at radius 1 is 1.43 bits per heavy atom. The first kappa shape index (κ1) is 15.5. The molecule has 0 unspecified atom stereocenters. The smallest absolute Gasteiger partial charge is 0.223 e. The SMILES string of the molecule is CO[C@@H](CNC(=O)[C@@H]1CCN(C)C(=O)C1)c1ccccc1. The fraction of sp³-hybridized carbons (Fsp3) is 0.500. The normalized spacial score (nSPS) is 20.2. The van der Waals surface area contributed by atoms with Gasteiger partial charge in [-0.05, 0) is 12.0 Å². The molecule has 0 spiro atoms. The summed E-state index contributed by atoms with van der Waals surface area (Å²) in [5.74, 6) is -0.246. The zero-order valence-corrected chi connectivity index (χ0v) is 12.5. The van der Waals surface area contributed by atoms with Crippen molar-refractivity contribution in [1.29, 1.82) is 0 Å². The Morgan fingerprint density at radius 2 is 2.14 bits per heavy atom. The van der Waals surface area contributed by atoms with Crippen LogP contribution in [0.15, 0.2) is 30.3 Å². The topological polar surface area (TPSA) is 58.6 Å². The molecule has 5 heteroatoms. The van der Waals surface area contributed by atoms with Crippen LogP contribution in [0.5, 0.6) is 0 Å². The predicted molar refractivity (Wildman–Crippen MR) is 79.6 cm³/mol. The Hall–Kier alpha value is -1.88. The summed E-state index contributed by atoms with van der Waals surface area (Å²) in [6, 6.07) is 9.77. The van der Waals surface area contributed by atoms with E-state index in [9.17, 15) is 9.59 Å². The fourth-order valence-corrected chi connectivity index (χ4v) is 2.51. The van der Waals surface area contributed by atoms with Crippen LogP contribution in [0, 0.1) is 5.92 Å². The summed E-state index contributed by atoms with van der Waals surface area (Å²) < 4.78 is 5.42. The van der Waals surface area contributed by atoms with Gasteiger partial charge in [-0.2, -0.15) is 0 Å². The summed E-state index contributed by atoms with van der Waals surface area (Å²) in [5, 5.41) is 2.90. The number of likely N-dealkylation sites (tertiary alicyclic amines) is 1. The van der Waals surface area contributed by atoms with Crippen LogP contribution >= 0.6 is 0 Å². The van der Waals surface area contributed by atoms with Gasteiger partial charge in [0, 0.05) is 39.6 Å². The number of hydrogen-bond acceptors (Lipinski definition) is 3. The standard InChI is InChI=1S/C16H22N2O3/c1-18-9-8-13(10-15(18)19)16(20)17-11-14(21-2)12-6-4-3-5-7-12/h3-7,13-14H,8-11H2,1-2H3,(H,17,20)/t13-,14+/m1/s1. The zero-order chi connectivity index (χ0) is 15.2. The Balaban J connectivity index is 1.87. The molecule has 1 N–H and O–H groups in total. The van der Waals surface area contributed by atoms with E-state index in [4.69, 9.17) is 4.74 Å². The number of carbonyl (C=O) groups excluding carboxylic acids is 2. The first-order valence-electron chi connectivity index (χ1n) is 7.21. The summed E-state index contributed by atoms with van der Waals surface area (Å²) in [4.78, 5) is 25.5. The Morgan fingerprint density at radius 3 is 2.76 bits per heavy atom. The highest BCUT2D eigenvalue weighted by molar-refractivity contribution is 5.86. The molecule has 1 aliphatic heterocycles. The van der Waals surface area contributed by atoms with Crippen LogP contribution in [-0.2, 0) is 14.3 Å². The van der Waals surface area contributed by atoms with Crippen LogP contribution in [-0.4, -0.2) is 44.0 Å². The van der Waals surface area contributed by atoms with E-state index in [-0.39, 0.29) is 23.8 Å². The van der Waals surface area contributed by atoms with Crippen LogP contribution in [0.4, 0.5) is 0 Å². The third-order valence-electron chi connectivity index (χ3n) is 3.95. The van der Waals surface area contributed by atoms with Gasteiger partial charge in [0.05, 0.1) is 6.10 Å². The van der Waals surface area contributed by atoms with E-state index in [1.54, 1.807) is 19.1 Å². The molecule has 2 atom stereocenters. The lowest BCUT2D eigenvalue weighted by Crippen LogP contribution is -2.43. The summed E-state index contributed by atoms with van der Waals surface area (Å²) in [6.07, 6.45) is 0.847. The van der Waals surface area contributed by atoms with Gasteiger partial charge in [0.15, 0.2) is 0 Å². The van der Waals surface area contributed by atoms with Crippen molar-refractivity contribution in [2.75, 3.05) is 27.2 Å². The molecule has 1 aliphatic rings. The summed E-state index contributed by atoms with van der Waals surface area (Å²) >= 11 is 0. The van der Waals surface area contributed by atoms with Crippen molar-refractivity contribution in [3.8, 4) is 0 Å². The maximum atomic E-state index is 12.2. The van der Waals surface area contributed by atoms with Crippen molar-refractivity contribution in [3.63, 3.8) is 0 Å². The predicted octanol–water partition coefficient (Wildman–Crippen LogP) is 1.36. The number of nitrogens with zero attached hydrogens (tertiary/aromatic N) is 1. The van der Waals surface area contributed by atoms with Crippen LogP contribution in [0.2, 0.25) is 0 Å². The van der Waals surface area contributed by atoms with Gasteiger partial charge in [-0.1, -0.05) is 30.3 Å². The lowest BCUT2D eigenvalue weighted by molar-refractivity contribution is -0.139. The molecule has 1 aromatic rings. The van der Waals surface area contributed by atoms with Crippen molar-refractivity contribution in [2.24, 2.45) is 5.92 Å². The molecule has 2 rings (SSSR count). The van der Waals surface area contributed by atoms with E-state index in [2.05, 4.69) is 5.32 Å². The Kier molecular flexibility index (Phi) is 5.33. The minimum absolute atomic E-state index is 0.0350. The van der Waals surface area contributed by atoms with Crippen molar-refractivity contribution in [2.45, 2.75) is 18.9 Å². The molecule has 0 radical (unpaired) electrons. The average molecular weight is 290 g/mol. The van der Waals surface area contributed by atoms with Crippen LogP contribution in [0.25, 0.3) is 0 Å². The fourth-order valence-electron chi connectivity index (χ4n) is 2.51. The molecule has 1 heterocycles. The second-order valence-electron chi connectivity index (χ2n) is 5.39. The van der Waals surface area contributed by atoms with Crippen LogP contribution in [0.1, 0.15) is 24.5 Å². The van der Waals surface area contributed by atoms with Gasteiger partial charge in [0.1, 0.15) is 0 Å². The van der Waals surface area contributed by atoms with Crippen molar-refractivity contribution < 1.29 is 14.3 Å². The van der Waals surface area contributed by atoms with E-state index in [1.165, 1.54) is 0 Å². The maximum Gasteiger partial charge on any atom is 0.223 e. The molecule has 1 aromatic carbocycles. The van der Waals surface area contributed by atoms with Gasteiger partial charge >= 0.3 is 0 Å². The number of rotatable bonds is 5. The maximum absolute atomic E-state index is 12.2. The number of methoxy groups -OCH3 is 1. The van der Waals surface area contributed by atoms with Gasteiger partial charge in [-0.15, -0.1) is 0 Å². The minimum Gasteiger partial charge on any atom is -0.375 e. The largest absolute Gasteiger partial charge is 0.375 e. The van der Waals surface area contributed by atoms with E-state index in [0.717, 1.165) is 12.0 Å². The third kappa shape index (κ3) is 4.04. The van der Waals surface area contributed by atoms with Gasteiger partial charge in [-0.25, -0.2) is 0 Å². The second kappa shape index (κ2) is 7.22. The average Bonchev–Trinajstić information content (AvgIpc) is 2.51. The highest BCUT2D eigenvalue weighted by Gasteiger charge is 2.28. The van der Waals surface area contributed by atoms with Crippen molar-refractivity contribution >= 4 is 11.8 Å². The number of hydrogen-bond donors (Lipinski definition) is 1. The lowest BCUT2D eigenvalue weighted by atomic mass is 9.95. The quantitative estimate of drug-likeness (QED) is 0.891. The molecule has 1 fully saturated rings. The van der Waals surface area contributed by atoms with E-state index >= 15 is 0 Å². The van der Waals surface area contributed by atoms with E-state index < -0.39 is 0 Å². The number of ether oxygens (including phenoxy) is 1. The lowest BCUT2D eigenvalue weighted by Gasteiger charge is -2.28. The van der Waals surface area contributed by atoms with Gasteiger partial charge in [0.25, 0.3) is 0 Å². The van der Waals surface area contributed by atoms with Crippen LogP contribution < -0.4 is 5.32 Å². The number of nitrogens with one attached hydrogen (secondary N) is 1. The molecule has 21 heavy (non-hydrogen) atoms. The van der Waals surface area contributed by atoms with E-state index in [1.807, 2.05) is 30.3 Å². The van der Waals surface area contributed by atoms with Crippen molar-refractivity contribution in [3.05, 3.63) is 35.9 Å². The number of benzene rings is 1. The molecular formula is C16H22N2O3. The monoisotopic (exact) mass is 290 g/mol. The van der Waals surface area contributed by atoms with Crippen LogP contribution in [0.3, 0.4) is 0 Å². The first-order chi connectivity index (χ1) is 10.1. The zero-order valence-electron chi connectivity index (χ0n) is 12.5. The van der Waals surface area contributed by atoms with Crippen molar-refractivity contribution in [1.82, 2.24) is 10.2 Å². The molecule has 5 nitrogen and oxygen atoms in total. The highest BCUT2D eigenvalue weighted by atomic mass is 16.5. The second-order valence-corrected chi connectivity index (χ2v) is 5.39. The molecule has 0 aliphatic carbocycles. The minimum atomic E-state index is -0.220. The number of carbonyl (C=O) groups is 2. The first-order valence-corrected chi connectivity index (χ1v) is 7.21. The molecular weight excluding hydrogens is 268 g/mol. The molecule has 0 saturated carbocycles. The highest BCUT2D eigenvalue weighted by Crippen LogP contribution is 2.19. The van der Waals surface area contributed by atoms with Gasteiger partial charge in [-0.3, -0.25) is 9.59 Å². The van der Waals surface area contributed by atoms with E-state index in [0.29, 0.717) is 19.5 Å². The summed E-state index contributed by atoms with van der Waals surface area (Å²) in [7, 11) is 3.40. The molecule has 0 aromatic heterocycles. The molecule has 0 bridgehead atoms. The summed E-state index contributed by atoms with van der Waals surface area (Å²) in [5.41, 5.74) is 1.03. The number of piperidine rings is 1. The van der Waals surface area contributed by atoms with Gasteiger partial charge < -0.3 is 15.0 Å². The Labute approximate surface area is 125 Å². The molecule has 2 amide bonds. The van der Waals surface area contributed by atoms with Gasteiger partial charge in [0.2, 0.25) is 11.8 Å². The third-order valence-corrected chi connectivity index (χ3v) is 3.95. The molecule has 1 saturated heterocycles. The summed E-state index contributed by atoms with van der Waals surface area (Å²) in [6.45, 7) is 1.06. The molecule has 114 valence electrons. The number of amides is 2. The Bertz CT molecular complexity index is 490.